The molecule has 0 atom stereocenters. The molecule has 0 saturated heterocycles. The average molecular weight is 375 g/mol. The second kappa shape index (κ2) is 8.01. The van der Waals surface area contributed by atoms with Gasteiger partial charge in [-0.1, -0.05) is 18.3 Å². The van der Waals surface area contributed by atoms with E-state index in [1.807, 2.05) is 25.9 Å². The number of halogens is 3. The maximum atomic E-state index is 12.4. The summed E-state index contributed by atoms with van der Waals surface area (Å²) >= 11 is 1.18. The number of amides is 1. The molecule has 1 aromatic carbocycles. The number of anilines is 1. The van der Waals surface area contributed by atoms with Gasteiger partial charge in [-0.2, -0.15) is 0 Å². The Balaban J connectivity index is 2.30. The van der Waals surface area contributed by atoms with E-state index >= 15 is 0 Å². The van der Waals surface area contributed by atoms with Gasteiger partial charge in [0.2, 0.25) is 5.91 Å². The predicted octanol–water partition coefficient (Wildman–Crippen LogP) is 3.89. The third kappa shape index (κ3) is 5.57. The normalized spacial score (nSPS) is 12.0. The van der Waals surface area contributed by atoms with Gasteiger partial charge in [-0.25, -0.2) is 4.98 Å². The van der Waals surface area contributed by atoms with E-state index in [-0.39, 0.29) is 11.7 Å². The van der Waals surface area contributed by atoms with Crippen LogP contribution in [0.25, 0.3) is 10.2 Å². The summed E-state index contributed by atoms with van der Waals surface area (Å²) in [5.74, 6) is -0.343. The predicted molar refractivity (Wildman–Crippen MR) is 92.1 cm³/mol. The summed E-state index contributed by atoms with van der Waals surface area (Å²) in [5, 5.41) is 0.486. The molecule has 1 aromatic heterocycles. The number of carbonyl (C=O) groups is 1. The molecule has 0 spiro atoms. The highest BCUT2D eigenvalue weighted by molar-refractivity contribution is 7.22. The van der Waals surface area contributed by atoms with Crippen LogP contribution in [-0.4, -0.2) is 49.3 Å². The van der Waals surface area contributed by atoms with E-state index in [0.29, 0.717) is 41.3 Å². The summed E-state index contributed by atoms with van der Waals surface area (Å²) in [7, 11) is 3.81. The zero-order chi connectivity index (χ0) is 18.6. The van der Waals surface area contributed by atoms with Crippen LogP contribution in [0.1, 0.15) is 19.8 Å². The van der Waals surface area contributed by atoms with E-state index in [2.05, 4.69) is 9.72 Å². The molecule has 1 amide bonds. The fourth-order valence-electron chi connectivity index (χ4n) is 2.18. The number of fused-ring (bicyclic) bond motifs is 1. The molecule has 0 bridgehead atoms. The van der Waals surface area contributed by atoms with Crippen molar-refractivity contribution in [3.63, 3.8) is 0 Å². The van der Waals surface area contributed by atoms with Gasteiger partial charge in [0, 0.05) is 25.6 Å². The first-order valence-electron chi connectivity index (χ1n) is 7.81. The molecule has 0 saturated carbocycles. The first-order chi connectivity index (χ1) is 11.7. The van der Waals surface area contributed by atoms with Crippen molar-refractivity contribution >= 4 is 32.6 Å². The van der Waals surface area contributed by atoms with Crippen LogP contribution in [0.3, 0.4) is 0 Å². The Morgan fingerprint density at radius 1 is 1.28 bits per heavy atom. The summed E-state index contributed by atoms with van der Waals surface area (Å²) in [4.78, 5) is 20.3. The van der Waals surface area contributed by atoms with Gasteiger partial charge in [-0.3, -0.25) is 9.69 Å². The molecular formula is C16H20F3N3O2S. The lowest BCUT2D eigenvalue weighted by Gasteiger charge is -2.21. The zero-order valence-electron chi connectivity index (χ0n) is 14.3. The molecular weight excluding hydrogens is 355 g/mol. The number of carbonyl (C=O) groups excluding carboxylic acids is 1. The lowest BCUT2D eigenvalue weighted by atomic mass is 10.3. The molecule has 2 aromatic rings. The van der Waals surface area contributed by atoms with E-state index in [1.165, 1.54) is 29.5 Å². The third-order valence-electron chi connectivity index (χ3n) is 3.35. The van der Waals surface area contributed by atoms with Crippen molar-refractivity contribution < 1.29 is 22.7 Å². The molecule has 0 aliphatic heterocycles. The van der Waals surface area contributed by atoms with Gasteiger partial charge in [0.05, 0.1) is 10.2 Å². The first kappa shape index (κ1) is 19.5. The fourth-order valence-corrected chi connectivity index (χ4v) is 3.22. The van der Waals surface area contributed by atoms with E-state index < -0.39 is 6.36 Å². The Bertz CT molecular complexity index is 731. The number of benzene rings is 1. The van der Waals surface area contributed by atoms with Crippen LogP contribution in [0.5, 0.6) is 5.75 Å². The molecule has 0 fully saturated rings. The number of rotatable bonds is 7. The Labute approximate surface area is 148 Å². The quantitative estimate of drug-likeness (QED) is 0.737. The highest BCUT2D eigenvalue weighted by Gasteiger charge is 2.31. The number of alkyl halides is 3. The van der Waals surface area contributed by atoms with E-state index in [0.717, 1.165) is 0 Å². The molecule has 2 rings (SSSR count). The second-order valence-corrected chi connectivity index (χ2v) is 6.78. The highest BCUT2D eigenvalue weighted by Crippen LogP contribution is 2.33. The van der Waals surface area contributed by atoms with E-state index in [9.17, 15) is 18.0 Å². The van der Waals surface area contributed by atoms with Gasteiger partial charge < -0.3 is 9.64 Å². The second-order valence-electron chi connectivity index (χ2n) is 5.77. The van der Waals surface area contributed by atoms with Crippen LogP contribution in [0, 0.1) is 0 Å². The molecule has 1 heterocycles. The number of likely N-dealkylation sites (N-methyl/N-ethyl adjacent to an activating group) is 1. The molecule has 0 radical (unpaired) electrons. The van der Waals surface area contributed by atoms with Gasteiger partial charge in [-0.15, -0.1) is 13.2 Å². The number of aromatic nitrogens is 1. The average Bonchev–Trinajstić information content (AvgIpc) is 2.88. The van der Waals surface area contributed by atoms with Gasteiger partial charge >= 0.3 is 6.36 Å². The van der Waals surface area contributed by atoms with Crippen LogP contribution >= 0.6 is 11.3 Å². The molecule has 0 aliphatic carbocycles. The summed E-state index contributed by atoms with van der Waals surface area (Å²) in [6.07, 6.45) is -3.63. The maximum absolute atomic E-state index is 12.4. The van der Waals surface area contributed by atoms with Gasteiger partial charge in [0.25, 0.3) is 0 Å². The van der Waals surface area contributed by atoms with Gasteiger partial charge in [0.15, 0.2) is 5.13 Å². The van der Waals surface area contributed by atoms with Gasteiger partial charge in [-0.05, 0) is 32.6 Å². The number of hydrogen-bond donors (Lipinski definition) is 0. The Kier molecular flexibility index (Phi) is 6.23. The lowest BCUT2D eigenvalue weighted by molar-refractivity contribution is -0.274. The molecule has 25 heavy (non-hydrogen) atoms. The topological polar surface area (TPSA) is 45.7 Å². The Morgan fingerprint density at radius 2 is 2.00 bits per heavy atom. The molecule has 138 valence electrons. The van der Waals surface area contributed by atoms with Crippen LogP contribution in [-0.2, 0) is 4.79 Å². The monoisotopic (exact) mass is 375 g/mol. The zero-order valence-corrected chi connectivity index (χ0v) is 15.1. The minimum absolute atomic E-state index is 0.0461. The van der Waals surface area contributed by atoms with Crippen molar-refractivity contribution in [2.75, 3.05) is 32.1 Å². The van der Waals surface area contributed by atoms with Gasteiger partial charge in [0.1, 0.15) is 5.75 Å². The van der Waals surface area contributed by atoms with Crippen molar-refractivity contribution in [3.8, 4) is 5.75 Å². The minimum Gasteiger partial charge on any atom is -0.406 e. The van der Waals surface area contributed by atoms with Crippen molar-refractivity contribution in [1.29, 1.82) is 0 Å². The minimum atomic E-state index is -4.74. The summed E-state index contributed by atoms with van der Waals surface area (Å²) < 4.78 is 41.5. The molecule has 5 nitrogen and oxygen atoms in total. The smallest absolute Gasteiger partial charge is 0.406 e. The van der Waals surface area contributed by atoms with Crippen LogP contribution in [0.4, 0.5) is 18.3 Å². The summed E-state index contributed by atoms with van der Waals surface area (Å²) in [6, 6.07) is 3.97. The summed E-state index contributed by atoms with van der Waals surface area (Å²) in [6.45, 7) is 3.05. The Hall–Kier alpha value is -1.87. The van der Waals surface area contributed by atoms with Crippen molar-refractivity contribution in [2.24, 2.45) is 0 Å². The van der Waals surface area contributed by atoms with Crippen LogP contribution in [0.15, 0.2) is 18.2 Å². The fraction of sp³-hybridized carbons (Fsp3) is 0.500. The van der Waals surface area contributed by atoms with E-state index in [4.69, 9.17) is 0 Å². The molecule has 0 N–H and O–H groups in total. The number of nitrogens with zero attached hydrogens (tertiary/aromatic N) is 3. The molecule has 0 aliphatic rings. The maximum Gasteiger partial charge on any atom is 0.573 e. The molecule has 9 heteroatoms. The van der Waals surface area contributed by atoms with Crippen LogP contribution in [0.2, 0.25) is 0 Å². The number of hydrogen-bond acceptors (Lipinski definition) is 5. The molecule has 0 unspecified atom stereocenters. The highest BCUT2D eigenvalue weighted by atomic mass is 32.1. The summed E-state index contributed by atoms with van der Waals surface area (Å²) in [5.41, 5.74) is 0.536. The van der Waals surface area contributed by atoms with E-state index in [1.54, 1.807) is 4.90 Å². The Morgan fingerprint density at radius 3 is 2.60 bits per heavy atom. The largest absolute Gasteiger partial charge is 0.573 e. The first-order valence-corrected chi connectivity index (χ1v) is 8.62. The number of ether oxygens (including phenoxy) is 1. The lowest BCUT2D eigenvalue weighted by Crippen LogP contribution is -2.36. The number of thiazole rings is 1. The standard InChI is InChI=1S/C16H20F3N3O2S/c1-4-5-14(23)22(9-8-21(2)3)15-20-12-7-6-11(10-13(12)25-15)24-16(17,18)19/h6-7,10H,4-5,8-9H2,1-3H3. The van der Waals surface area contributed by atoms with Crippen molar-refractivity contribution in [3.05, 3.63) is 18.2 Å². The SMILES string of the molecule is CCCC(=O)N(CCN(C)C)c1nc2ccc(OC(F)(F)F)cc2s1. The van der Waals surface area contributed by atoms with Crippen molar-refractivity contribution in [2.45, 2.75) is 26.1 Å². The van der Waals surface area contributed by atoms with Crippen molar-refractivity contribution in [1.82, 2.24) is 9.88 Å². The van der Waals surface area contributed by atoms with Crippen LogP contribution < -0.4 is 9.64 Å². The third-order valence-corrected chi connectivity index (χ3v) is 4.39.